The molecule has 0 radical (unpaired) electrons. The highest BCUT2D eigenvalue weighted by Crippen LogP contribution is 2.35. The summed E-state index contributed by atoms with van der Waals surface area (Å²) < 4.78 is 25.5. The van der Waals surface area contributed by atoms with E-state index in [1.165, 1.54) is 0 Å². The van der Waals surface area contributed by atoms with Crippen molar-refractivity contribution in [2.75, 3.05) is 29.9 Å². The summed E-state index contributed by atoms with van der Waals surface area (Å²) in [6.45, 7) is 7.72. The summed E-state index contributed by atoms with van der Waals surface area (Å²) in [4.78, 5) is 19.5. The fourth-order valence-electron chi connectivity index (χ4n) is 4.40. The number of pyridine rings is 1. The van der Waals surface area contributed by atoms with Crippen molar-refractivity contribution in [1.29, 1.82) is 0 Å². The minimum absolute atomic E-state index is 0.00701. The lowest BCUT2D eigenvalue weighted by atomic mass is 9.92. The number of piperidine rings is 1. The first-order valence-corrected chi connectivity index (χ1v) is 12.2. The summed E-state index contributed by atoms with van der Waals surface area (Å²) in [5.74, 6) is 1.11. The lowest BCUT2D eigenvalue weighted by Gasteiger charge is -2.33. The number of carbonyl (C=O) groups excluding carboxylic acids is 1. The van der Waals surface area contributed by atoms with E-state index in [-0.39, 0.29) is 34.8 Å². The molecule has 2 saturated heterocycles. The monoisotopic (exact) mass is 418 g/mol. The van der Waals surface area contributed by atoms with Gasteiger partial charge >= 0.3 is 0 Å². The minimum Gasteiger partial charge on any atom is -0.365 e. The number of nitrogens with one attached hydrogen (secondary N) is 1. The second kappa shape index (κ2) is 7.31. The number of rotatable bonds is 3. The first kappa shape index (κ1) is 20.2. The normalized spacial score (nSPS) is 22.9. The van der Waals surface area contributed by atoms with E-state index in [0.717, 1.165) is 30.0 Å². The van der Waals surface area contributed by atoms with Crippen molar-refractivity contribution in [1.82, 2.24) is 14.3 Å². The summed E-state index contributed by atoms with van der Waals surface area (Å²) >= 11 is 0. The largest absolute Gasteiger partial charge is 0.365 e. The molecule has 2 aliphatic heterocycles. The maximum atomic E-state index is 12.8. The van der Waals surface area contributed by atoms with Gasteiger partial charge in [-0.15, -0.1) is 0 Å². The first-order chi connectivity index (χ1) is 13.6. The second-order valence-corrected chi connectivity index (χ2v) is 11.6. The topological polar surface area (TPSA) is 83.8 Å². The number of hydrogen-bond acceptors (Lipinski definition) is 5. The Kier molecular flexibility index (Phi) is 5.09. The molecule has 1 amide bonds. The molecule has 4 heterocycles. The van der Waals surface area contributed by atoms with E-state index >= 15 is 0 Å². The third kappa shape index (κ3) is 4.27. The van der Waals surface area contributed by atoms with E-state index in [1.807, 2.05) is 29.3 Å². The van der Waals surface area contributed by atoms with Crippen LogP contribution in [0.1, 0.15) is 51.6 Å². The van der Waals surface area contributed by atoms with Crippen LogP contribution in [-0.2, 0) is 14.6 Å². The number of carbonyl (C=O) groups is 1. The van der Waals surface area contributed by atoms with Gasteiger partial charge in [-0.2, -0.15) is 0 Å². The van der Waals surface area contributed by atoms with Crippen LogP contribution in [0.3, 0.4) is 0 Å². The van der Waals surface area contributed by atoms with Gasteiger partial charge in [0.25, 0.3) is 0 Å². The van der Waals surface area contributed by atoms with Crippen molar-refractivity contribution in [3.63, 3.8) is 0 Å². The zero-order valence-corrected chi connectivity index (χ0v) is 18.2. The highest BCUT2D eigenvalue weighted by Gasteiger charge is 2.37. The van der Waals surface area contributed by atoms with Crippen molar-refractivity contribution in [3.05, 3.63) is 30.1 Å². The van der Waals surface area contributed by atoms with Crippen LogP contribution >= 0.6 is 0 Å². The Morgan fingerprint density at radius 3 is 2.52 bits per heavy atom. The Morgan fingerprint density at radius 2 is 1.90 bits per heavy atom. The van der Waals surface area contributed by atoms with Crippen LogP contribution in [0.4, 0.5) is 5.82 Å². The Bertz CT molecular complexity index is 1010. The lowest BCUT2D eigenvalue weighted by molar-refractivity contribution is -0.135. The average molecular weight is 419 g/mol. The molecule has 4 rings (SSSR count). The van der Waals surface area contributed by atoms with Gasteiger partial charge in [0.2, 0.25) is 5.91 Å². The van der Waals surface area contributed by atoms with Gasteiger partial charge in [-0.1, -0.05) is 6.07 Å². The quantitative estimate of drug-likeness (QED) is 0.829. The molecule has 8 heteroatoms. The zero-order chi connectivity index (χ0) is 20.8. The Hall–Kier alpha value is -2.09. The van der Waals surface area contributed by atoms with Crippen molar-refractivity contribution >= 4 is 27.2 Å². The minimum atomic E-state index is -3.04. The summed E-state index contributed by atoms with van der Waals surface area (Å²) in [7, 11) is -3.04. The van der Waals surface area contributed by atoms with Crippen molar-refractivity contribution in [3.8, 4) is 0 Å². The maximum absolute atomic E-state index is 12.8. The fraction of sp³-hybridized carbons (Fsp3) is 0.619. The van der Waals surface area contributed by atoms with Crippen LogP contribution in [0.5, 0.6) is 0 Å². The van der Waals surface area contributed by atoms with Crippen LogP contribution in [0.15, 0.2) is 24.4 Å². The molecule has 7 nitrogen and oxygen atoms in total. The number of sulfone groups is 1. The van der Waals surface area contributed by atoms with Gasteiger partial charge in [0.1, 0.15) is 11.5 Å². The van der Waals surface area contributed by atoms with Gasteiger partial charge in [0.15, 0.2) is 9.84 Å². The van der Waals surface area contributed by atoms with Gasteiger partial charge in [0, 0.05) is 30.7 Å². The predicted octanol–water partition coefficient (Wildman–Crippen LogP) is 2.69. The van der Waals surface area contributed by atoms with Crippen LogP contribution in [-0.4, -0.2) is 58.7 Å². The Morgan fingerprint density at radius 1 is 1.17 bits per heavy atom. The van der Waals surface area contributed by atoms with Crippen LogP contribution in [0.25, 0.3) is 5.65 Å². The zero-order valence-electron chi connectivity index (χ0n) is 17.4. The molecule has 2 fully saturated rings. The molecule has 2 aromatic heterocycles. The molecule has 1 N–H and O–H groups in total. The number of likely N-dealkylation sites (tertiary alicyclic amines) is 1. The average Bonchev–Trinajstić information content (AvgIpc) is 3.20. The summed E-state index contributed by atoms with van der Waals surface area (Å²) in [6, 6.07) is 6.00. The Balaban J connectivity index is 1.51. The van der Waals surface area contributed by atoms with Gasteiger partial charge in [-0.3, -0.25) is 9.20 Å². The molecule has 0 aromatic carbocycles. The molecule has 2 aromatic rings. The summed E-state index contributed by atoms with van der Waals surface area (Å²) in [5, 5.41) is 3.61. The van der Waals surface area contributed by atoms with E-state index in [4.69, 9.17) is 4.98 Å². The van der Waals surface area contributed by atoms with Gasteiger partial charge < -0.3 is 10.2 Å². The molecule has 0 saturated carbocycles. The number of aromatic nitrogens is 2. The molecule has 0 spiro atoms. The van der Waals surface area contributed by atoms with Crippen molar-refractivity contribution < 1.29 is 13.2 Å². The van der Waals surface area contributed by atoms with E-state index in [2.05, 4.69) is 30.5 Å². The van der Waals surface area contributed by atoms with Gasteiger partial charge in [0.05, 0.1) is 23.1 Å². The molecular weight excluding hydrogens is 388 g/mol. The third-order valence-corrected chi connectivity index (χ3v) is 7.59. The Labute approximate surface area is 172 Å². The van der Waals surface area contributed by atoms with E-state index in [1.54, 1.807) is 0 Å². The number of anilines is 1. The molecule has 1 unspecified atom stereocenters. The number of hydrogen-bond donors (Lipinski definition) is 1. The standard InChI is InChI=1S/C21H30N4O3S/c1-21(2,3)23-19-18(22-17-6-4-5-10-25(17)19)15-7-11-24(12-8-15)20(26)16-9-13-29(27,28)14-16/h4-6,10,15-16,23H,7-9,11-14H2,1-3H3. The number of amides is 1. The highest BCUT2D eigenvalue weighted by molar-refractivity contribution is 7.91. The molecular formula is C21H30N4O3S. The summed E-state index contributed by atoms with van der Waals surface area (Å²) in [5.41, 5.74) is 1.89. The SMILES string of the molecule is CC(C)(C)Nc1c(C2CCN(C(=O)C3CCS(=O)(=O)C3)CC2)nc2ccccn12. The van der Waals surface area contributed by atoms with Crippen LogP contribution in [0.2, 0.25) is 0 Å². The summed E-state index contributed by atoms with van der Waals surface area (Å²) in [6.07, 6.45) is 4.17. The van der Waals surface area contributed by atoms with E-state index < -0.39 is 9.84 Å². The molecule has 1 atom stereocenters. The van der Waals surface area contributed by atoms with Crippen molar-refractivity contribution in [2.24, 2.45) is 5.92 Å². The molecule has 158 valence electrons. The predicted molar refractivity (Wildman–Crippen MR) is 114 cm³/mol. The molecule has 0 aliphatic carbocycles. The number of nitrogens with zero attached hydrogens (tertiary/aromatic N) is 3. The van der Waals surface area contributed by atoms with Crippen molar-refractivity contribution in [2.45, 2.75) is 51.5 Å². The number of imidazole rings is 1. The fourth-order valence-corrected chi connectivity index (χ4v) is 6.13. The maximum Gasteiger partial charge on any atom is 0.226 e. The van der Waals surface area contributed by atoms with Crippen LogP contribution in [0, 0.1) is 5.92 Å². The van der Waals surface area contributed by atoms with Gasteiger partial charge in [-0.25, -0.2) is 13.4 Å². The number of fused-ring (bicyclic) bond motifs is 1. The van der Waals surface area contributed by atoms with Crippen LogP contribution < -0.4 is 5.32 Å². The van der Waals surface area contributed by atoms with E-state index in [0.29, 0.717) is 19.5 Å². The third-order valence-electron chi connectivity index (χ3n) is 5.83. The first-order valence-electron chi connectivity index (χ1n) is 10.4. The van der Waals surface area contributed by atoms with E-state index in [9.17, 15) is 13.2 Å². The molecule has 0 bridgehead atoms. The highest BCUT2D eigenvalue weighted by atomic mass is 32.2. The van der Waals surface area contributed by atoms with Gasteiger partial charge in [-0.05, 0) is 52.2 Å². The lowest BCUT2D eigenvalue weighted by Crippen LogP contribution is -2.42. The smallest absolute Gasteiger partial charge is 0.226 e. The molecule has 2 aliphatic rings. The molecule has 29 heavy (non-hydrogen) atoms. The second-order valence-electron chi connectivity index (χ2n) is 9.35.